The van der Waals surface area contributed by atoms with Crippen LogP contribution in [0.3, 0.4) is 0 Å². The molecule has 0 fully saturated rings. The van der Waals surface area contributed by atoms with Gasteiger partial charge in [-0.25, -0.2) is 4.98 Å². The van der Waals surface area contributed by atoms with Crippen LogP contribution < -0.4 is 10.6 Å². The standard InChI is InChI=1S/C22H23N3O2S/c1-13-6-5-7-18(10-13)21(27)23-16(4)20(26)25-22-24-19(12-28-22)17-9-8-14(2)15(3)11-17/h5-12,16H,1-4H3,(H,23,27)(H,24,25,26). The van der Waals surface area contributed by atoms with Crippen molar-refractivity contribution in [2.45, 2.75) is 33.7 Å². The van der Waals surface area contributed by atoms with Crippen molar-refractivity contribution in [2.75, 3.05) is 5.32 Å². The average molecular weight is 394 g/mol. The van der Waals surface area contributed by atoms with Crippen molar-refractivity contribution in [2.24, 2.45) is 0 Å². The van der Waals surface area contributed by atoms with Crippen LogP contribution in [-0.2, 0) is 4.79 Å². The molecule has 0 spiro atoms. The summed E-state index contributed by atoms with van der Waals surface area (Å²) in [5.41, 5.74) is 5.78. The highest BCUT2D eigenvalue weighted by Gasteiger charge is 2.18. The summed E-state index contributed by atoms with van der Waals surface area (Å²) < 4.78 is 0. The van der Waals surface area contributed by atoms with Gasteiger partial charge in [0.05, 0.1) is 5.69 Å². The van der Waals surface area contributed by atoms with Crippen LogP contribution in [0.5, 0.6) is 0 Å². The number of aryl methyl sites for hydroxylation is 3. The molecule has 0 saturated heterocycles. The fourth-order valence-electron chi connectivity index (χ4n) is 2.71. The van der Waals surface area contributed by atoms with E-state index in [0.717, 1.165) is 16.8 Å². The Morgan fingerprint density at radius 3 is 2.54 bits per heavy atom. The molecule has 2 N–H and O–H groups in total. The molecule has 1 heterocycles. The second-order valence-electron chi connectivity index (χ2n) is 6.89. The minimum absolute atomic E-state index is 0.277. The van der Waals surface area contributed by atoms with Gasteiger partial charge in [0.25, 0.3) is 5.91 Å². The molecule has 0 aliphatic heterocycles. The summed E-state index contributed by atoms with van der Waals surface area (Å²) in [6, 6.07) is 12.7. The quantitative estimate of drug-likeness (QED) is 0.671. The minimum Gasteiger partial charge on any atom is -0.341 e. The Hall–Kier alpha value is -2.99. The Balaban J connectivity index is 1.63. The molecule has 2 amide bonds. The van der Waals surface area contributed by atoms with Crippen LogP contribution in [0.25, 0.3) is 11.3 Å². The molecule has 3 aromatic rings. The van der Waals surface area contributed by atoms with Gasteiger partial charge in [0.1, 0.15) is 6.04 Å². The summed E-state index contributed by atoms with van der Waals surface area (Å²) in [6.07, 6.45) is 0. The van der Waals surface area contributed by atoms with E-state index in [1.807, 2.05) is 30.5 Å². The van der Waals surface area contributed by atoms with Crippen molar-refractivity contribution in [1.29, 1.82) is 0 Å². The maximum Gasteiger partial charge on any atom is 0.251 e. The maximum atomic E-state index is 12.4. The largest absolute Gasteiger partial charge is 0.341 e. The van der Waals surface area contributed by atoms with Crippen molar-refractivity contribution in [3.05, 3.63) is 70.1 Å². The Morgan fingerprint density at radius 2 is 1.82 bits per heavy atom. The first-order valence-electron chi connectivity index (χ1n) is 9.05. The van der Waals surface area contributed by atoms with E-state index in [-0.39, 0.29) is 11.8 Å². The monoisotopic (exact) mass is 393 g/mol. The number of hydrogen-bond donors (Lipinski definition) is 2. The maximum absolute atomic E-state index is 12.4. The SMILES string of the molecule is Cc1cccc(C(=O)NC(C)C(=O)Nc2nc(-c3ccc(C)c(C)c3)cs2)c1. The zero-order valence-electron chi connectivity index (χ0n) is 16.4. The number of nitrogens with one attached hydrogen (secondary N) is 2. The Bertz CT molecular complexity index is 1030. The van der Waals surface area contributed by atoms with E-state index in [2.05, 4.69) is 41.6 Å². The van der Waals surface area contributed by atoms with Crippen molar-refractivity contribution in [3.63, 3.8) is 0 Å². The van der Waals surface area contributed by atoms with E-state index in [9.17, 15) is 9.59 Å². The van der Waals surface area contributed by atoms with Crippen LogP contribution in [0.4, 0.5) is 5.13 Å². The highest BCUT2D eigenvalue weighted by atomic mass is 32.1. The number of hydrogen-bond acceptors (Lipinski definition) is 4. The van der Waals surface area contributed by atoms with Crippen LogP contribution in [0, 0.1) is 20.8 Å². The molecule has 0 saturated carbocycles. The Morgan fingerprint density at radius 1 is 1.04 bits per heavy atom. The van der Waals surface area contributed by atoms with Crippen molar-refractivity contribution < 1.29 is 9.59 Å². The molecule has 28 heavy (non-hydrogen) atoms. The number of nitrogens with zero attached hydrogens (tertiary/aromatic N) is 1. The number of amides is 2. The summed E-state index contributed by atoms with van der Waals surface area (Å²) in [4.78, 5) is 29.2. The third-order valence-corrected chi connectivity index (χ3v) is 5.32. The number of carbonyl (C=O) groups is 2. The van der Waals surface area contributed by atoms with E-state index in [4.69, 9.17) is 0 Å². The molecular weight excluding hydrogens is 370 g/mol. The third-order valence-electron chi connectivity index (χ3n) is 4.56. The molecule has 1 unspecified atom stereocenters. The molecule has 1 atom stereocenters. The summed E-state index contributed by atoms with van der Waals surface area (Å²) >= 11 is 1.36. The average Bonchev–Trinajstić information content (AvgIpc) is 3.12. The number of anilines is 1. The second-order valence-corrected chi connectivity index (χ2v) is 7.75. The van der Waals surface area contributed by atoms with E-state index in [1.165, 1.54) is 22.5 Å². The number of thiazole rings is 1. The molecule has 6 heteroatoms. The lowest BCUT2D eigenvalue weighted by molar-refractivity contribution is -0.117. The van der Waals surface area contributed by atoms with E-state index < -0.39 is 6.04 Å². The van der Waals surface area contributed by atoms with Crippen LogP contribution in [0.2, 0.25) is 0 Å². The van der Waals surface area contributed by atoms with Crippen LogP contribution >= 0.6 is 11.3 Å². The van der Waals surface area contributed by atoms with Crippen molar-refractivity contribution >= 4 is 28.3 Å². The van der Waals surface area contributed by atoms with Gasteiger partial charge in [-0.05, 0) is 57.0 Å². The molecule has 5 nitrogen and oxygen atoms in total. The summed E-state index contributed by atoms with van der Waals surface area (Å²) in [5, 5.41) is 7.92. The third kappa shape index (κ3) is 4.64. The Kier molecular flexibility index (Phi) is 5.90. The summed E-state index contributed by atoms with van der Waals surface area (Å²) in [7, 11) is 0. The van der Waals surface area contributed by atoms with E-state index >= 15 is 0 Å². The molecule has 0 bridgehead atoms. The van der Waals surface area contributed by atoms with Crippen molar-refractivity contribution in [1.82, 2.24) is 10.3 Å². The number of aromatic nitrogens is 1. The van der Waals surface area contributed by atoms with Gasteiger partial charge in [-0.1, -0.05) is 29.8 Å². The fraction of sp³-hybridized carbons (Fsp3) is 0.227. The highest BCUT2D eigenvalue weighted by Crippen LogP contribution is 2.26. The van der Waals surface area contributed by atoms with Gasteiger partial charge >= 0.3 is 0 Å². The normalized spacial score (nSPS) is 11.7. The molecule has 0 aliphatic carbocycles. The van der Waals surface area contributed by atoms with Gasteiger partial charge in [-0.2, -0.15) is 0 Å². The first kappa shape index (κ1) is 19.8. The van der Waals surface area contributed by atoms with Gasteiger partial charge in [-0.3, -0.25) is 9.59 Å². The first-order valence-corrected chi connectivity index (χ1v) is 9.93. The lowest BCUT2D eigenvalue weighted by Crippen LogP contribution is -2.41. The van der Waals surface area contributed by atoms with Crippen LogP contribution in [0.15, 0.2) is 47.8 Å². The van der Waals surface area contributed by atoms with Gasteiger partial charge in [0.15, 0.2) is 5.13 Å². The smallest absolute Gasteiger partial charge is 0.251 e. The summed E-state index contributed by atoms with van der Waals surface area (Å²) in [6.45, 7) is 7.70. The molecule has 0 radical (unpaired) electrons. The number of benzene rings is 2. The predicted molar refractivity (Wildman–Crippen MR) is 114 cm³/mol. The number of rotatable bonds is 5. The number of carbonyl (C=O) groups excluding carboxylic acids is 2. The van der Waals surface area contributed by atoms with Crippen LogP contribution in [-0.4, -0.2) is 22.8 Å². The molecule has 0 aliphatic rings. The van der Waals surface area contributed by atoms with E-state index in [1.54, 1.807) is 19.1 Å². The lowest BCUT2D eigenvalue weighted by atomic mass is 10.1. The van der Waals surface area contributed by atoms with Gasteiger partial charge < -0.3 is 10.6 Å². The first-order chi connectivity index (χ1) is 13.3. The Labute approximate surface area is 168 Å². The van der Waals surface area contributed by atoms with E-state index in [0.29, 0.717) is 10.7 Å². The van der Waals surface area contributed by atoms with Crippen LogP contribution in [0.1, 0.15) is 34.0 Å². The molecule has 1 aromatic heterocycles. The molecule has 2 aromatic carbocycles. The van der Waals surface area contributed by atoms with Gasteiger partial charge in [0.2, 0.25) is 5.91 Å². The molecular formula is C22H23N3O2S. The highest BCUT2D eigenvalue weighted by molar-refractivity contribution is 7.14. The molecule has 3 rings (SSSR count). The minimum atomic E-state index is -0.679. The topological polar surface area (TPSA) is 71.1 Å². The van der Waals surface area contributed by atoms with Gasteiger partial charge in [0, 0.05) is 16.5 Å². The predicted octanol–water partition coefficient (Wildman–Crippen LogP) is 4.49. The fourth-order valence-corrected chi connectivity index (χ4v) is 3.43. The zero-order chi connectivity index (χ0) is 20.3. The zero-order valence-corrected chi connectivity index (χ0v) is 17.2. The summed E-state index contributed by atoms with van der Waals surface area (Å²) in [5.74, 6) is -0.580. The second kappa shape index (κ2) is 8.35. The lowest BCUT2D eigenvalue weighted by Gasteiger charge is -2.13. The van der Waals surface area contributed by atoms with Crippen molar-refractivity contribution in [3.8, 4) is 11.3 Å². The molecule has 144 valence electrons. The van der Waals surface area contributed by atoms with Gasteiger partial charge in [-0.15, -0.1) is 11.3 Å².